The molecule has 0 bridgehead atoms. The minimum atomic E-state index is 0.902. The largest absolute Gasteiger partial charge is 0.124 e. The summed E-state index contributed by atoms with van der Waals surface area (Å²) in [6, 6.07) is 18.0. The molecule has 0 amide bonds. The topological polar surface area (TPSA) is 0 Å². The van der Waals surface area contributed by atoms with Crippen molar-refractivity contribution in [3.8, 4) is 23.4 Å². The summed E-state index contributed by atoms with van der Waals surface area (Å²) >= 11 is 0. The monoisotopic (exact) mass is 179 g/mol. The van der Waals surface area contributed by atoms with Gasteiger partial charge in [-0.1, -0.05) is 54.5 Å². The van der Waals surface area contributed by atoms with Crippen molar-refractivity contribution in [2.45, 2.75) is 0 Å². The zero-order valence-electron chi connectivity index (χ0n) is 8.70. The zero-order chi connectivity index (χ0) is 10.5. The number of rotatable bonds is 1. The Morgan fingerprint density at radius 3 is 2.43 bits per heavy atom. The Morgan fingerprint density at radius 1 is 0.929 bits per heavy atom. The minimum Gasteiger partial charge on any atom is -0.115 e. The lowest BCUT2D eigenvalue weighted by Gasteiger charge is -2.03. The highest BCUT2D eigenvalue weighted by Gasteiger charge is 1.99. The maximum atomic E-state index is 6.94. The molecule has 14 heavy (non-hydrogen) atoms. The van der Waals surface area contributed by atoms with Gasteiger partial charge < -0.3 is 0 Å². The van der Waals surface area contributed by atoms with Gasteiger partial charge in [-0.2, -0.15) is 0 Å². The fraction of sp³-hybridized carbons (Fsp3) is 0. The van der Waals surface area contributed by atoms with E-state index in [0.717, 1.165) is 16.7 Å². The molecule has 0 atom stereocenters. The summed E-state index contributed by atoms with van der Waals surface area (Å²) in [4.78, 5) is 0. The summed E-state index contributed by atoms with van der Waals surface area (Å²) in [5.74, 6) is 2.79. The van der Waals surface area contributed by atoms with Crippen LogP contribution in [0.25, 0.3) is 11.1 Å². The van der Waals surface area contributed by atoms with Gasteiger partial charge in [0.25, 0.3) is 0 Å². The van der Waals surface area contributed by atoms with Gasteiger partial charge in [-0.15, -0.1) is 6.40 Å². The van der Waals surface area contributed by atoms with Crippen molar-refractivity contribution < 1.29 is 1.37 Å². The minimum absolute atomic E-state index is 0.902. The average molecular weight is 179 g/mol. The van der Waals surface area contributed by atoms with Crippen molar-refractivity contribution in [1.82, 2.24) is 0 Å². The molecular weight excluding hydrogens is 168 g/mol. The van der Waals surface area contributed by atoms with Crippen molar-refractivity contribution in [2.24, 2.45) is 0 Å². The molecule has 0 saturated heterocycles. The highest BCUT2D eigenvalue weighted by atomic mass is 14.0. The van der Waals surface area contributed by atoms with E-state index in [1.54, 1.807) is 0 Å². The quantitative estimate of drug-likeness (QED) is 0.589. The second-order valence-electron chi connectivity index (χ2n) is 3.04. The van der Waals surface area contributed by atoms with E-state index in [4.69, 9.17) is 1.37 Å². The maximum Gasteiger partial charge on any atom is 0.124 e. The first-order chi connectivity index (χ1) is 7.42. The van der Waals surface area contributed by atoms with Gasteiger partial charge in [-0.05, 0) is 17.2 Å². The molecule has 66 valence electrons. The third-order valence-corrected chi connectivity index (χ3v) is 2.15. The van der Waals surface area contributed by atoms with Gasteiger partial charge in [0.15, 0.2) is 0 Å². The molecule has 0 heterocycles. The van der Waals surface area contributed by atoms with Crippen molar-refractivity contribution in [1.29, 1.82) is 0 Å². The Bertz CT molecular complexity index is 504. The molecule has 0 aliphatic heterocycles. The van der Waals surface area contributed by atoms with E-state index in [0.29, 0.717) is 0 Å². The molecule has 0 unspecified atom stereocenters. The molecule has 0 radical (unpaired) electrons. The summed E-state index contributed by atoms with van der Waals surface area (Å²) in [7, 11) is 0. The molecule has 0 aliphatic rings. The first-order valence-corrected chi connectivity index (χ1v) is 4.49. The number of hydrogen-bond acceptors (Lipinski definition) is 0. The first kappa shape index (κ1) is 7.41. The Kier molecular flexibility index (Phi) is 2.01. The molecule has 0 heteroatoms. The molecule has 0 aromatic heterocycles. The lowest BCUT2D eigenvalue weighted by Crippen LogP contribution is -1.82. The molecule has 0 N–H and O–H groups in total. The summed E-state index contributed by atoms with van der Waals surface area (Å²) in [5.41, 5.74) is 3.12. The van der Waals surface area contributed by atoms with Gasteiger partial charge in [0, 0.05) is 5.56 Å². The normalized spacial score (nSPS) is 9.86. The molecule has 0 saturated carbocycles. The molecule has 0 spiro atoms. The molecule has 0 nitrogen and oxygen atoms in total. The highest BCUT2D eigenvalue weighted by Crippen LogP contribution is 2.22. The summed E-state index contributed by atoms with van der Waals surface area (Å²) in [5, 5.41) is 0. The van der Waals surface area contributed by atoms with Crippen LogP contribution in [0.3, 0.4) is 0 Å². The van der Waals surface area contributed by atoms with Crippen LogP contribution in [0.4, 0.5) is 0 Å². The molecule has 0 fully saturated rings. The van der Waals surface area contributed by atoms with E-state index in [1.165, 1.54) is 0 Å². The predicted molar refractivity (Wildman–Crippen MR) is 59.8 cm³/mol. The van der Waals surface area contributed by atoms with Gasteiger partial charge in [0.2, 0.25) is 0 Å². The third-order valence-electron chi connectivity index (χ3n) is 2.15. The summed E-state index contributed by atoms with van der Waals surface area (Å²) < 4.78 is 6.94. The van der Waals surface area contributed by atoms with Gasteiger partial charge >= 0.3 is 0 Å². The van der Waals surface area contributed by atoms with E-state index in [-0.39, 0.29) is 0 Å². The number of terminal acetylenes is 1. The van der Waals surface area contributed by atoms with E-state index in [2.05, 4.69) is 12.3 Å². The fourth-order valence-electron chi connectivity index (χ4n) is 1.46. The van der Waals surface area contributed by atoms with Gasteiger partial charge in [0.1, 0.15) is 1.37 Å². The van der Waals surface area contributed by atoms with Crippen molar-refractivity contribution >= 4 is 0 Å². The van der Waals surface area contributed by atoms with Gasteiger partial charge in [0.05, 0.1) is 0 Å². The lowest BCUT2D eigenvalue weighted by atomic mass is 10.0. The van der Waals surface area contributed by atoms with E-state index >= 15 is 0 Å². The van der Waals surface area contributed by atoms with Crippen LogP contribution in [-0.4, -0.2) is 0 Å². The van der Waals surface area contributed by atoms with Crippen LogP contribution in [0.1, 0.15) is 6.93 Å². The Hall–Kier alpha value is -2.00. The zero-order valence-corrected chi connectivity index (χ0v) is 7.70. The van der Waals surface area contributed by atoms with E-state index < -0.39 is 0 Å². The number of hydrogen-bond donors (Lipinski definition) is 0. The van der Waals surface area contributed by atoms with Crippen LogP contribution in [0.2, 0.25) is 0 Å². The molecular formula is C14H10. The fourth-order valence-corrected chi connectivity index (χ4v) is 1.46. The number of benzene rings is 2. The summed E-state index contributed by atoms with van der Waals surface area (Å²) in [6.07, 6.45) is 2.19. The van der Waals surface area contributed by atoms with Crippen LogP contribution in [0, 0.1) is 12.3 Å². The third kappa shape index (κ3) is 1.53. The van der Waals surface area contributed by atoms with Crippen LogP contribution in [-0.2, 0) is 0 Å². The van der Waals surface area contributed by atoms with Gasteiger partial charge in [-0.25, -0.2) is 0 Å². The molecule has 2 rings (SSSR count). The van der Waals surface area contributed by atoms with Crippen LogP contribution in [0.5, 0.6) is 0 Å². The Morgan fingerprint density at radius 2 is 1.64 bits per heavy atom. The van der Waals surface area contributed by atoms with E-state index in [9.17, 15) is 0 Å². The molecule has 2 aromatic rings. The molecule has 2 aromatic carbocycles. The lowest BCUT2D eigenvalue weighted by molar-refractivity contribution is 1.59. The predicted octanol–water partition coefficient (Wildman–Crippen LogP) is 3.33. The Labute approximate surface area is 85.6 Å². The Balaban J connectivity index is 2.56. The van der Waals surface area contributed by atoms with Crippen LogP contribution >= 0.6 is 0 Å². The standard InChI is InChI=1S/C14H10/c1-2-12-8-6-7-11-14(12)13-9-4-3-5-10-13/h1,3-11H/i1D. The SMILES string of the molecule is [2H]C#Cc1ccccc1-c1ccccc1. The second kappa shape index (κ2) is 3.81. The van der Waals surface area contributed by atoms with Crippen LogP contribution in [0.15, 0.2) is 54.6 Å². The van der Waals surface area contributed by atoms with E-state index in [1.807, 2.05) is 54.6 Å². The second-order valence-corrected chi connectivity index (χ2v) is 3.04. The summed E-state index contributed by atoms with van der Waals surface area (Å²) in [6.45, 7) is 0. The molecule has 0 aliphatic carbocycles. The highest BCUT2D eigenvalue weighted by molar-refractivity contribution is 5.70. The maximum absolute atomic E-state index is 6.94. The van der Waals surface area contributed by atoms with Gasteiger partial charge in [-0.3, -0.25) is 0 Å². The van der Waals surface area contributed by atoms with Crippen LogP contribution < -0.4 is 0 Å². The first-order valence-electron chi connectivity index (χ1n) is 4.99. The smallest absolute Gasteiger partial charge is 0.115 e. The van der Waals surface area contributed by atoms with Crippen molar-refractivity contribution in [3.63, 3.8) is 0 Å². The van der Waals surface area contributed by atoms with Crippen molar-refractivity contribution in [2.75, 3.05) is 0 Å². The average Bonchev–Trinajstić information content (AvgIpc) is 2.31. The van der Waals surface area contributed by atoms with Crippen molar-refractivity contribution in [3.05, 3.63) is 60.2 Å².